The van der Waals surface area contributed by atoms with E-state index in [4.69, 9.17) is 9.47 Å². The second-order valence-electron chi connectivity index (χ2n) is 5.07. The number of hydrogen-bond acceptors (Lipinski definition) is 4. The summed E-state index contributed by atoms with van der Waals surface area (Å²) in [7, 11) is 0. The maximum atomic E-state index is 11.2. The third kappa shape index (κ3) is 4.61. The molecule has 1 aliphatic rings. The minimum atomic E-state index is -0.867. The van der Waals surface area contributed by atoms with Crippen molar-refractivity contribution >= 4 is 5.97 Å². The smallest absolute Gasteiger partial charge is 0.323 e. The monoisotopic (exact) mass is 245 g/mol. The van der Waals surface area contributed by atoms with Gasteiger partial charge >= 0.3 is 5.97 Å². The Morgan fingerprint density at radius 3 is 2.65 bits per heavy atom. The fourth-order valence-electron chi connectivity index (χ4n) is 1.86. The molecule has 1 heterocycles. The topological polar surface area (TPSA) is 67.8 Å². The summed E-state index contributed by atoms with van der Waals surface area (Å²) in [6.45, 7) is 7.55. The van der Waals surface area contributed by atoms with Crippen LogP contribution in [0, 0.1) is 0 Å². The van der Waals surface area contributed by atoms with Gasteiger partial charge in [0.1, 0.15) is 11.6 Å². The van der Waals surface area contributed by atoms with Crippen molar-refractivity contribution in [3.05, 3.63) is 0 Å². The Labute approximate surface area is 102 Å². The molecule has 17 heavy (non-hydrogen) atoms. The molecule has 0 bridgehead atoms. The molecule has 5 nitrogen and oxygen atoms in total. The first-order valence-corrected chi connectivity index (χ1v) is 6.14. The van der Waals surface area contributed by atoms with Gasteiger partial charge in [-0.25, -0.2) is 0 Å². The Kier molecular flexibility index (Phi) is 5.36. The number of rotatable bonds is 8. The Morgan fingerprint density at radius 2 is 2.24 bits per heavy atom. The number of nitrogens with one attached hydrogen (secondary N) is 1. The lowest BCUT2D eigenvalue weighted by atomic mass is 9.95. The second-order valence-corrected chi connectivity index (χ2v) is 5.07. The molecular weight excluding hydrogens is 222 g/mol. The minimum Gasteiger partial charge on any atom is -0.480 e. The fourth-order valence-corrected chi connectivity index (χ4v) is 1.86. The normalized spacial score (nSPS) is 20.0. The standard InChI is InChI=1S/C12H23NO4/c1-9(2)13-12(3,11(14)15)5-4-6-17-10-7-16-8-10/h9-10,13H,4-8H2,1-3H3,(H,14,15). The van der Waals surface area contributed by atoms with E-state index in [0.29, 0.717) is 26.2 Å². The number of carboxylic acid groups (broad SMARTS) is 1. The number of hydrogen-bond donors (Lipinski definition) is 2. The van der Waals surface area contributed by atoms with E-state index in [1.165, 1.54) is 0 Å². The van der Waals surface area contributed by atoms with Crippen molar-refractivity contribution in [1.82, 2.24) is 5.32 Å². The van der Waals surface area contributed by atoms with Crippen LogP contribution in [0.5, 0.6) is 0 Å². The second kappa shape index (κ2) is 6.33. The van der Waals surface area contributed by atoms with Crippen molar-refractivity contribution in [3.63, 3.8) is 0 Å². The van der Waals surface area contributed by atoms with E-state index in [0.717, 1.165) is 6.42 Å². The summed E-state index contributed by atoms with van der Waals surface area (Å²) in [5.74, 6) is -0.807. The van der Waals surface area contributed by atoms with Gasteiger partial charge in [-0.2, -0.15) is 0 Å². The Bertz CT molecular complexity index is 253. The Balaban J connectivity index is 2.25. The zero-order chi connectivity index (χ0) is 12.9. The van der Waals surface area contributed by atoms with Crippen LogP contribution in [0.15, 0.2) is 0 Å². The third-order valence-corrected chi connectivity index (χ3v) is 2.86. The van der Waals surface area contributed by atoms with Crippen LogP contribution in [-0.2, 0) is 14.3 Å². The molecule has 0 aromatic rings. The van der Waals surface area contributed by atoms with Gasteiger partial charge in [0.25, 0.3) is 0 Å². The predicted molar refractivity (Wildman–Crippen MR) is 64.1 cm³/mol. The minimum absolute atomic E-state index is 0.150. The molecular formula is C12H23NO4. The lowest BCUT2D eigenvalue weighted by Crippen LogP contribution is -2.52. The molecule has 1 rings (SSSR count). The van der Waals surface area contributed by atoms with Crippen LogP contribution in [0.1, 0.15) is 33.6 Å². The fraction of sp³-hybridized carbons (Fsp3) is 0.917. The highest BCUT2D eigenvalue weighted by molar-refractivity contribution is 5.78. The highest BCUT2D eigenvalue weighted by Gasteiger charge is 2.32. The van der Waals surface area contributed by atoms with E-state index in [2.05, 4.69) is 5.32 Å². The maximum Gasteiger partial charge on any atom is 0.323 e. The first kappa shape index (κ1) is 14.4. The Morgan fingerprint density at radius 1 is 1.59 bits per heavy atom. The summed E-state index contributed by atoms with van der Waals surface area (Å²) in [5, 5.41) is 12.3. The average molecular weight is 245 g/mol. The molecule has 0 aromatic carbocycles. The molecule has 1 saturated heterocycles. The van der Waals surface area contributed by atoms with Gasteiger partial charge in [-0.1, -0.05) is 0 Å². The van der Waals surface area contributed by atoms with E-state index < -0.39 is 11.5 Å². The average Bonchev–Trinajstić information content (AvgIpc) is 2.13. The zero-order valence-electron chi connectivity index (χ0n) is 10.9. The zero-order valence-corrected chi connectivity index (χ0v) is 10.9. The van der Waals surface area contributed by atoms with E-state index in [1.807, 2.05) is 13.8 Å². The predicted octanol–water partition coefficient (Wildman–Crippen LogP) is 1.02. The molecule has 100 valence electrons. The van der Waals surface area contributed by atoms with Crippen molar-refractivity contribution in [3.8, 4) is 0 Å². The first-order valence-electron chi connectivity index (χ1n) is 6.14. The van der Waals surface area contributed by atoms with Gasteiger partial charge in [-0.15, -0.1) is 0 Å². The molecule has 1 aliphatic heterocycles. The lowest BCUT2D eigenvalue weighted by Gasteiger charge is -2.30. The van der Waals surface area contributed by atoms with Gasteiger partial charge in [0.2, 0.25) is 0 Å². The van der Waals surface area contributed by atoms with Gasteiger partial charge in [0.15, 0.2) is 0 Å². The number of ether oxygens (including phenoxy) is 2. The molecule has 0 aliphatic carbocycles. The summed E-state index contributed by atoms with van der Waals surface area (Å²) < 4.78 is 10.5. The van der Waals surface area contributed by atoms with Gasteiger partial charge in [-0.3, -0.25) is 10.1 Å². The summed E-state index contributed by atoms with van der Waals surface area (Å²) in [6, 6.07) is 0.150. The van der Waals surface area contributed by atoms with Crippen LogP contribution in [0.25, 0.3) is 0 Å². The lowest BCUT2D eigenvalue weighted by molar-refractivity contribution is -0.146. The largest absolute Gasteiger partial charge is 0.480 e. The molecule has 0 amide bonds. The highest BCUT2D eigenvalue weighted by atomic mass is 16.6. The van der Waals surface area contributed by atoms with E-state index in [-0.39, 0.29) is 12.1 Å². The molecule has 1 atom stereocenters. The van der Waals surface area contributed by atoms with Crippen LogP contribution in [0.3, 0.4) is 0 Å². The molecule has 0 spiro atoms. The van der Waals surface area contributed by atoms with E-state index in [1.54, 1.807) is 6.92 Å². The van der Waals surface area contributed by atoms with Crippen LogP contribution < -0.4 is 5.32 Å². The van der Waals surface area contributed by atoms with Crippen LogP contribution in [0.4, 0.5) is 0 Å². The highest BCUT2D eigenvalue weighted by Crippen LogP contribution is 2.15. The first-order chi connectivity index (χ1) is 7.94. The van der Waals surface area contributed by atoms with Crippen molar-refractivity contribution < 1.29 is 19.4 Å². The molecule has 2 N–H and O–H groups in total. The SMILES string of the molecule is CC(C)NC(C)(CCCOC1COC1)C(=O)O. The molecule has 1 fully saturated rings. The Hall–Kier alpha value is -0.650. The van der Waals surface area contributed by atoms with Crippen molar-refractivity contribution in [2.75, 3.05) is 19.8 Å². The molecule has 0 aromatic heterocycles. The number of aliphatic carboxylic acids is 1. The third-order valence-electron chi connectivity index (χ3n) is 2.86. The molecule has 1 unspecified atom stereocenters. The number of carbonyl (C=O) groups is 1. The van der Waals surface area contributed by atoms with Crippen LogP contribution >= 0.6 is 0 Å². The summed E-state index contributed by atoms with van der Waals surface area (Å²) >= 11 is 0. The summed E-state index contributed by atoms with van der Waals surface area (Å²) in [5.41, 5.74) is -0.867. The molecule has 5 heteroatoms. The quantitative estimate of drug-likeness (QED) is 0.625. The summed E-state index contributed by atoms with van der Waals surface area (Å²) in [6.07, 6.45) is 1.51. The van der Waals surface area contributed by atoms with Crippen LogP contribution in [0.2, 0.25) is 0 Å². The van der Waals surface area contributed by atoms with Gasteiger partial charge in [0, 0.05) is 12.6 Å². The molecule has 0 saturated carbocycles. The van der Waals surface area contributed by atoms with Gasteiger partial charge < -0.3 is 14.6 Å². The van der Waals surface area contributed by atoms with Gasteiger partial charge in [-0.05, 0) is 33.6 Å². The van der Waals surface area contributed by atoms with Crippen LogP contribution in [-0.4, -0.2) is 48.6 Å². The van der Waals surface area contributed by atoms with E-state index in [9.17, 15) is 9.90 Å². The van der Waals surface area contributed by atoms with Crippen molar-refractivity contribution in [2.24, 2.45) is 0 Å². The summed E-state index contributed by atoms with van der Waals surface area (Å²) in [4.78, 5) is 11.2. The molecule has 0 radical (unpaired) electrons. The maximum absolute atomic E-state index is 11.2. The van der Waals surface area contributed by atoms with Gasteiger partial charge in [0.05, 0.1) is 13.2 Å². The van der Waals surface area contributed by atoms with Crippen molar-refractivity contribution in [1.29, 1.82) is 0 Å². The van der Waals surface area contributed by atoms with Crippen molar-refractivity contribution in [2.45, 2.75) is 51.3 Å². The van der Waals surface area contributed by atoms with E-state index >= 15 is 0 Å². The number of carboxylic acids is 1.